The van der Waals surface area contributed by atoms with Crippen LogP contribution >= 0.6 is 23.2 Å². The predicted octanol–water partition coefficient (Wildman–Crippen LogP) is 7.13. The number of aromatic amines is 2. The van der Waals surface area contributed by atoms with Crippen molar-refractivity contribution in [1.29, 1.82) is 0 Å². The second-order valence-corrected chi connectivity index (χ2v) is 9.41. The molecule has 6 rings (SSSR count). The zero-order valence-corrected chi connectivity index (χ0v) is 17.0. The molecule has 2 nitrogen and oxygen atoms in total. The Labute approximate surface area is 173 Å². The van der Waals surface area contributed by atoms with Crippen molar-refractivity contribution >= 4 is 45.0 Å². The van der Waals surface area contributed by atoms with Crippen LogP contribution in [0.3, 0.4) is 0 Å². The molecule has 2 aromatic heterocycles. The van der Waals surface area contributed by atoms with E-state index in [0.717, 1.165) is 22.0 Å². The number of allylic oxidation sites excluding steroid dienone is 2. The van der Waals surface area contributed by atoms with Crippen LogP contribution in [-0.2, 0) is 11.8 Å². The third-order valence-electron chi connectivity index (χ3n) is 6.92. The van der Waals surface area contributed by atoms with E-state index in [0.29, 0.717) is 11.8 Å². The first-order valence-electron chi connectivity index (χ1n) is 9.78. The van der Waals surface area contributed by atoms with Gasteiger partial charge in [-0.2, -0.15) is 0 Å². The van der Waals surface area contributed by atoms with Crippen LogP contribution in [0.2, 0.25) is 10.0 Å². The maximum absolute atomic E-state index is 6.39. The summed E-state index contributed by atoms with van der Waals surface area (Å²) in [5.74, 6) is 1.00. The Morgan fingerprint density at radius 1 is 1.00 bits per heavy atom. The number of benzene rings is 2. The Morgan fingerprint density at radius 2 is 1.75 bits per heavy atom. The molecule has 2 aliphatic rings. The van der Waals surface area contributed by atoms with Crippen molar-refractivity contribution in [2.75, 3.05) is 0 Å². The molecule has 0 amide bonds. The summed E-state index contributed by atoms with van der Waals surface area (Å²) < 4.78 is 0. The van der Waals surface area contributed by atoms with Crippen molar-refractivity contribution in [3.63, 3.8) is 0 Å². The highest BCUT2D eigenvalue weighted by Crippen LogP contribution is 2.55. The lowest BCUT2D eigenvalue weighted by molar-refractivity contribution is 0.312. The van der Waals surface area contributed by atoms with Crippen LogP contribution in [0.4, 0.5) is 0 Å². The van der Waals surface area contributed by atoms with E-state index in [-0.39, 0.29) is 5.41 Å². The van der Waals surface area contributed by atoms with Gasteiger partial charge in [-0.15, -0.1) is 0 Å². The summed E-state index contributed by atoms with van der Waals surface area (Å²) in [5.41, 5.74) is 6.44. The summed E-state index contributed by atoms with van der Waals surface area (Å²) in [6.45, 7) is 2.42. The first kappa shape index (κ1) is 16.8. The van der Waals surface area contributed by atoms with Crippen LogP contribution in [0, 0.1) is 5.92 Å². The highest BCUT2D eigenvalue weighted by atomic mass is 35.5. The second kappa shape index (κ2) is 5.68. The zero-order chi connectivity index (χ0) is 19.0. The summed E-state index contributed by atoms with van der Waals surface area (Å²) in [4.78, 5) is 7.14. The minimum Gasteiger partial charge on any atom is -0.361 e. The van der Waals surface area contributed by atoms with Crippen molar-refractivity contribution in [2.45, 2.75) is 31.1 Å². The number of halogens is 2. The van der Waals surface area contributed by atoms with Gasteiger partial charge < -0.3 is 9.97 Å². The highest BCUT2D eigenvalue weighted by Gasteiger charge is 2.47. The minimum atomic E-state index is -0.000787. The first-order valence-corrected chi connectivity index (χ1v) is 10.5. The molecule has 2 aliphatic carbocycles. The van der Waals surface area contributed by atoms with Gasteiger partial charge in [0, 0.05) is 55.1 Å². The number of fused-ring (bicyclic) bond motifs is 7. The number of rotatable bonds is 2. The van der Waals surface area contributed by atoms with Gasteiger partial charge in [0.15, 0.2) is 0 Å². The summed E-state index contributed by atoms with van der Waals surface area (Å²) in [7, 11) is 0. The van der Waals surface area contributed by atoms with Gasteiger partial charge in [0.1, 0.15) is 0 Å². The van der Waals surface area contributed by atoms with Gasteiger partial charge in [0.05, 0.1) is 0 Å². The Bertz CT molecular complexity index is 1280. The SMILES string of the molecule is C[C@@]1(Cc2c[nH]c3ccc(Cl)cc23)c2c([nH]c3ccc(Cl)cc23)C2C=C[C@@H]1C2. The molecule has 1 unspecified atom stereocenters. The lowest BCUT2D eigenvalue weighted by Gasteiger charge is -2.40. The topological polar surface area (TPSA) is 31.6 Å². The first-order chi connectivity index (χ1) is 13.5. The average Bonchev–Trinajstić information content (AvgIpc) is 3.37. The summed E-state index contributed by atoms with van der Waals surface area (Å²) in [6, 6.07) is 12.3. The van der Waals surface area contributed by atoms with Gasteiger partial charge in [-0.25, -0.2) is 0 Å². The van der Waals surface area contributed by atoms with E-state index in [4.69, 9.17) is 23.2 Å². The highest BCUT2D eigenvalue weighted by molar-refractivity contribution is 6.31. The third-order valence-corrected chi connectivity index (χ3v) is 7.39. The van der Waals surface area contributed by atoms with Crippen LogP contribution < -0.4 is 0 Å². The number of hydrogen-bond acceptors (Lipinski definition) is 0. The normalized spacial score (nSPS) is 25.7. The van der Waals surface area contributed by atoms with Gasteiger partial charge in [0.2, 0.25) is 0 Å². The van der Waals surface area contributed by atoms with Gasteiger partial charge in [-0.1, -0.05) is 42.3 Å². The van der Waals surface area contributed by atoms with Gasteiger partial charge in [0.25, 0.3) is 0 Å². The fraction of sp³-hybridized carbons (Fsp3) is 0.250. The molecular formula is C24H20Cl2N2. The van der Waals surface area contributed by atoms with E-state index in [1.807, 2.05) is 12.1 Å². The quantitative estimate of drug-likeness (QED) is 0.331. The van der Waals surface area contributed by atoms with Crippen molar-refractivity contribution in [3.05, 3.63) is 81.6 Å². The van der Waals surface area contributed by atoms with Gasteiger partial charge in [-0.3, -0.25) is 0 Å². The average molecular weight is 407 g/mol. The van der Waals surface area contributed by atoms with E-state index in [1.54, 1.807) is 0 Å². The molecule has 0 aliphatic heterocycles. The number of aromatic nitrogens is 2. The molecule has 4 aromatic rings. The second-order valence-electron chi connectivity index (χ2n) is 8.54. The minimum absolute atomic E-state index is 0.000787. The van der Waals surface area contributed by atoms with Crippen molar-refractivity contribution in [2.24, 2.45) is 5.92 Å². The van der Waals surface area contributed by atoms with Gasteiger partial charge in [-0.05, 0) is 66.3 Å². The van der Waals surface area contributed by atoms with E-state index >= 15 is 0 Å². The van der Waals surface area contributed by atoms with Crippen molar-refractivity contribution in [3.8, 4) is 0 Å². The Balaban J connectivity index is 1.58. The number of nitrogens with one attached hydrogen (secondary N) is 2. The fourth-order valence-electron chi connectivity index (χ4n) is 5.56. The molecule has 140 valence electrons. The molecule has 4 heteroatoms. The molecule has 3 atom stereocenters. The van der Waals surface area contributed by atoms with Crippen molar-refractivity contribution in [1.82, 2.24) is 9.97 Å². The molecule has 0 radical (unpaired) electrons. The molecular weight excluding hydrogens is 387 g/mol. The van der Waals surface area contributed by atoms with E-state index in [9.17, 15) is 0 Å². The third kappa shape index (κ3) is 2.22. The molecule has 2 N–H and O–H groups in total. The van der Waals surface area contributed by atoms with E-state index < -0.39 is 0 Å². The maximum Gasteiger partial charge on any atom is 0.0460 e. The van der Waals surface area contributed by atoms with E-state index in [2.05, 4.69) is 59.5 Å². The summed E-state index contributed by atoms with van der Waals surface area (Å²) in [5, 5.41) is 4.06. The Kier molecular flexibility index (Phi) is 3.40. The molecule has 28 heavy (non-hydrogen) atoms. The van der Waals surface area contributed by atoms with Crippen LogP contribution in [0.15, 0.2) is 54.7 Å². The Morgan fingerprint density at radius 3 is 2.57 bits per heavy atom. The van der Waals surface area contributed by atoms with Crippen molar-refractivity contribution < 1.29 is 0 Å². The van der Waals surface area contributed by atoms with Crippen LogP contribution in [-0.4, -0.2) is 9.97 Å². The maximum atomic E-state index is 6.39. The van der Waals surface area contributed by atoms with Gasteiger partial charge >= 0.3 is 0 Å². The fourth-order valence-corrected chi connectivity index (χ4v) is 5.91. The summed E-state index contributed by atoms with van der Waals surface area (Å²) >= 11 is 12.7. The molecule has 2 heterocycles. The Hall–Kier alpha value is -2.16. The molecule has 0 saturated carbocycles. The molecule has 0 fully saturated rings. The van der Waals surface area contributed by atoms with Crippen LogP contribution in [0.1, 0.15) is 36.1 Å². The monoisotopic (exact) mass is 406 g/mol. The number of hydrogen-bond donors (Lipinski definition) is 2. The largest absolute Gasteiger partial charge is 0.361 e. The smallest absolute Gasteiger partial charge is 0.0460 e. The molecule has 0 saturated heterocycles. The zero-order valence-electron chi connectivity index (χ0n) is 15.5. The number of H-pyrrole nitrogens is 2. The molecule has 2 aromatic carbocycles. The molecule has 2 bridgehead atoms. The summed E-state index contributed by atoms with van der Waals surface area (Å²) in [6.07, 6.45) is 9.10. The van der Waals surface area contributed by atoms with E-state index in [1.165, 1.54) is 39.5 Å². The standard InChI is InChI=1S/C24H20Cl2N2/c1-24(11-14-12-27-20-6-4-16(25)9-18(14)20)15-3-2-13(8-15)23-22(24)19-10-17(26)5-7-21(19)28-23/h2-7,9-10,12-13,15,27-28H,8,11H2,1H3/t13?,15-,24+/m1/s1. The predicted molar refractivity (Wildman–Crippen MR) is 118 cm³/mol. The van der Waals surface area contributed by atoms with Crippen LogP contribution in [0.25, 0.3) is 21.8 Å². The molecule has 0 spiro atoms. The van der Waals surface area contributed by atoms with Crippen LogP contribution in [0.5, 0.6) is 0 Å². The lowest BCUT2D eigenvalue weighted by atomic mass is 9.63. The lowest BCUT2D eigenvalue weighted by Crippen LogP contribution is -2.36.